The summed E-state index contributed by atoms with van der Waals surface area (Å²) in [6.45, 7) is 3.80. The normalized spacial score (nSPS) is 13.2. The number of hydrogen-bond donors (Lipinski definition) is 0. The van der Waals surface area contributed by atoms with Crippen molar-refractivity contribution in [2.45, 2.75) is 31.8 Å². The van der Waals surface area contributed by atoms with Crippen molar-refractivity contribution >= 4 is 16.0 Å². The van der Waals surface area contributed by atoms with Crippen LogP contribution < -0.4 is 0 Å². The molecule has 0 fully saturated rings. The molecule has 0 aromatic heterocycles. The number of benzene rings is 1. The van der Waals surface area contributed by atoms with Gasteiger partial charge in [-0.2, -0.15) is 0 Å². The molecule has 112 valence electrons. The molecule has 0 aliphatic heterocycles. The summed E-state index contributed by atoms with van der Waals surface area (Å²) in [5, 5.41) is 0. The number of carbonyl (C=O) groups excluding carboxylic acids is 1. The Bertz CT molecular complexity index is 566. The van der Waals surface area contributed by atoms with Crippen LogP contribution in [0.25, 0.3) is 0 Å². The van der Waals surface area contributed by atoms with Crippen molar-refractivity contribution in [2.75, 3.05) is 14.1 Å². The molecule has 6 heteroatoms. The van der Waals surface area contributed by atoms with Gasteiger partial charge >= 0.3 is 5.97 Å². The van der Waals surface area contributed by atoms with E-state index in [0.717, 1.165) is 4.31 Å². The third kappa shape index (κ3) is 4.05. The van der Waals surface area contributed by atoms with E-state index in [0.29, 0.717) is 12.0 Å². The van der Waals surface area contributed by atoms with Crippen LogP contribution in [0, 0.1) is 5.92 Å². The average Bonchev–Trinajstić information content (AvgIpc) is 2.43. The zero-order valence-corrected chi connectivity index (χ0v) is 13.1. The van der Waals surface area contributed by atoms with E-state index >= 15 is 0 Å². The van der Waals surface area contributed by atoms with Gasteiger partial charge in [0, 0.05) is 14.1 Å². The van der Waals surface area contributed by atoms with Gasteiger partial charge < -0.3 is 4.74 Å². The van der Waals surface area contributed by atoms with E-state index in [2.05, 4.69) is 0 Å². The van der Waals surface area contributed by atoms with Crippen molar-refractivity contribution in [2.24, 2.45) is 5.92 Å². The van der Waals surface area contributed by atoms with Gasteiger partial charge in [-0.25, -0.2) is 12.7 Å². The first-order chi connectivity index (χ1) is 9.28. The van der Waals surface area contributed by atoms with Crippen molar-refractivity contribution in [3.8, 4) is 0 Å². The highest BCUT2D eigenvalue weighted by atomic mass is 32.2. The monoisotopic (exact) mass is 299 g/mol. The van der Waals surface area contributed by atoms with Gasteiger partial charge in [0.25, 0.3) is 0 Å². The van der Waals surface area contributed by atoms with Crippen LogP contribution in [0.5, 0.6) is 0 Å². The largest absolute Gasteiger partial charge is 0.461 e. The Labute approximate surface area is 120 Å². The molecule has 5 nitrogen and oxygen atoms in total. The van der Waals surface area contributed by atoms with Crippen molar-refractivity contribution < 1.29 is 17.9 Å². The summed E-state index contributed by atoms with van der Waals surface area (Å²) in [4.78, 5) is 11.8. The van der Waals surface area contributed by atoms with Crippen LogP contribution in [0.3, 0.4) is 0 Å². The van der Waals surface area contributed by atoms with Gasteiger partial charge in [0.1, 0.15) is 6.61 Å². The fourth-order valence-electron chi connectivity index (χ4n) is 1.47. The zero-order chi connectivity index (χ0) is 15.3. The Kier molecular flexibility index (Phi) is 5.71. The zero-order valence-electron chi connectivity index (χ0n) is 12.3. The molecular formula is C14H21NO4S. The summed E-state index contributed by atoms with van der Waals surface area (Å²) in [5.41, 5.74) is 0.657. The third-order valence-electron chi connectivity index (χ3n) is 3.07. The maximum Gasteiger partial charge on any atom is 0.308 e. The Morgan fingerprint density at radius 2 is 2.00 bits per heavy atom. The first-order valence-corrected chi connectivity index (χ1v) is 7.91. The van der Waals surface area contributed by atoms with E-state index in [-0.39, 0.29) is 23.4 Å². The molecule has 1 atom stereocenters. The van der Waals surface area contributed by atoms with E-state index in [1.54, 1.807) is 19.1 Å². The molecule has 0 spiro atoms. The first kappa shape index (κ1) is 16.7. The highest BCUT2D eigenvalue weighted by Crippen LogP contribution is 2.16. The second-order valence-electron chi connectivity index (χ2n) is 4.85. The Balaban J connectivity index is 2.83. The number of hydrogen-bond acceptors (Lipinski definition) is 4. The predicted octanol–water partition coefficient (Wildman–Crippen LogP) is 2.03. The summed E-state index contributed by atoms with van der Waals surface area (Å²) in [5.74, 6) is -0.419. The van der Waals surface area contributed by atoms with E-state index in [1.165, 1.54) is 26.2 Å². The van der Waals surface area contributed by atoms with Gasteiger partial charge in [-0.05, 0) is 24.1 Å². The van der Waals surface area contributed by atoms with Gasteiger partial charge in [-0.1, -0.05) is 26.0 Å². The van der Waals surface area contributed by atoms with Gasteiger partial charge in [-0.3, -0.25) is 4.79 Å². The topological polar surface area (TPSA) is 63.7 Å². The van der Waals surface area contributed by atoms with Crippen LogP contribution in [-0.2, 0) is 26.2 Å². The molecule has 1 aromatic rings. The maximum atomic E-state index is 12.0. The molecule has 0 heterocycles. The molecule has 1 rings (SSSR count). The molecule has 0 saturated heterocycles. The first-order valence-electron chi connectivity index (χ1n) is 6.47. The van der Waals surface area contributed by atoms with Crippen molar-refractivity contribution in [3.05, 3.63) is 29.8 Å². The summed E-state index contributed by atoms with van der Waals surface area (Å²) in [6, 6.07) is 6.43. The predicted molar refractivity (Wildman–Crippen MR) is 76.6 cm³/mol. The molecule has 0 aliphatic carbocycles. The highest BCUT2D eigenvalue weighted by molar-refractivity contribution is 7.89. The Morgan fingerprint density at radius 1 is 1.35 bits per heavy atom. The molecule has 0 bridgehead atoms. The van der Waals surface area contributed by atoms with Crippen LogP contribution >= 0.6 is 0 Å². The smallest absolute Gasteiger partial charge is 0.308 e. The van der Waals surface area contributed by atoms with Crippen LogP contribution in [0.15, 0.2) is 29.2 Å². The van der Waals surface area contributed by atoms with Crippen LogP contribution in [-0.4, -0.2) is 32.8 Å². The lowest BCUT2D eigenvalue weighted by Crippen LogP contribution is -2.22. The molecule has 0 saturated carbocycles. The fourth-order valence-corrected chi connectivity index (χ4v) is 2.44. The standard InChI is InChI=1S/C14H21NO4S/c1-5-11(2)14(16)19-10-12-7-6-8-13(9-12)20(17,18)15(3)4/h6-9,11H,5,10H2,1-4H3. The van der Waals surface area contributed by atoms with Crippen molar-refractivity contribution in [1.29, 1.82) is 0 Å². The van der Waals surface area contributed by atoms with Gasteiger partial charge in [0.2, 0.25) is 10.0 Å². The summed E-state index contributed by atoms with van der Waals surface area (Å²) in [6.07, 6.45) is 0.716. The van der Waals surface area contributed by atoms with E-state index < -0.39 is 10.0 Å². The van der Waals surface area contributed by atoms with Gasteiger partial charge in [0.15, 0.2) is 0 Å². The Hall–Kier alpha value is -1.40. The minimum absolute atomic E-state index is 0.0833. The molecule has 0 radical (unpaired) electrons. The molecule has 0 N–H and O–H groups in total. The SMILES string of the molecule is CCC(C)C(=O)OCc1cccc(S(=O)(=O)N(C)C)c1. The lowest BCUT2D eigenvalue weighted by molar-refractivity contribution is -0.149. The molecule has 20 heavy (non-hydrogen) atoms. The average molecular weight is 299 g/mol. The van der Waals surface area contributed by atoms with E-state index in [1.807, 2.05) is 6.92 Å². The van der Waals surface area contributed by atoms with Crippen molar-refractivity contribution in [1.82, 2.24) is 4.31 Å². The highest BCUT2D eigenvalue weighted by Gasteiger charge is 2.18. The second kappa shape index (κ2) is 6.85. The number of esters is 1. The van der Waals surface area contributed by atoms with E-state index in [9.17, 15) is 13.2 Å². The van der Waals surface area contributed by atoms with E-state index in [4.69, 9.17) is 4.74 Å². The summed E-state index contributed by atoms with van der Waals surface area (Å²) in [7, 11) is -0.512. The minimum atomic E-state index is -3.47. The summed E-state index contributed by atoms with van der Waals surface area (Å²) < 4.78 is 30.3. The number of ether oxygens (including phenoxy) is 1. The molecule has 1 aromatic carbocycles. The molecular weight excluding hydrogens is 278 g/mol. The molecule has 0 aliphatic rings. The Morgan fingerprint density at radius 3 is 2.55 bits per heavy atom. The summed E-state index contributed by atoms with van der Waals surface area (Å²) >= 11 is 0. The van der Waals surface area contributed by atoms with Crippen molar-refractivity contribution in [3.63, 3.8) is 0 Å². The minimum Gasteiger partial charge on any atom is -0.461 e. The number of carbonyl (C=O) groups is 1. The molecule has 0 amide bonds. The van der Waals surface area contributed by atoms with Crippen LogP contribution in [0.4, 0.5) is 0 Å². The maximum absolute atomic E-state index is 12.0. The third-order valence-corrected chi connectivity index (χ3v) is 4.88. The quantitative estimate of drug-likeness (QED) is 0.754. The number of rotatable bonds is 6. The van der Waals surface area contributed by atoms with Crippen LogP contribution in [0.1, 0.15) is 25.8 Å². The lowest BCUT2D eigenvalue weighted by atomic mass is 10.1. The van der Waals surface area contributed by atoms with Gasteiger partial charge in [0.05, 0.1) is 10.8 Å². The lowest BCUT2D eigenvalue weighted by Gasteiger charge is -2.13. The molecule has 1 unspecified atom stereocenters. The number of nitrogens with zero attached hydrogens (tertiary/aromatic N) is 1. The second-order valence-corrected chi connectivity index (χ2v) is 7.00. The number of sulfonamides is 1. The van der Waals surface area contributed by atoms with Gasteiger partial charge in [-0.15, -0.1) is 0 Å². The van der Waals surface area contributed by atoms with Crippen LogP contribution in [0.2, 0.25) is 0 Å². The fraction of sp³-hybridized carbons (Fsp3) is 0.500.